The van der Waals surface area contributed by atoms with Crippen molar-refractivity contribution >= 4 is 17.5 Å². The van der Waals surface area contributed by atoms with Gasteiger partial charge in [-0.25, -0.2) is 8.78 Å². The summed E-state index contributed by atoms with van der Waals surface area (Å²) in [7, 11) is 0. The maximum atomic E-state index is 13.7. The van der Waals surface area contributed by atoms with Crippen LogP contribution in [0.25, 0.3) is 0 Å². The molecule has 0 bridgehead atoms. The number of nitrogen functional groups attached to an aromatic ring is 1. The first-order valence-electron chi connectivity index (χ1n) is 6.25. The molecule has 108 valence electrons. The molecule has 1 aliphatic carbocycles. The highest BCUT2D eigenvalue weighted by Gasteiger charge is 2.27. The van der Waals surface area contributed by atoms with Crippen LogP contribution in [0.3, 0.4) is 0 Å². The second kappa shape index (κ2) is 5.44. The lowest BCUT2D eigenvalue weighted by Crippen LogP contribution is -2.45. The van der Waals surface area contributed by atoms with Crippen LogP contribution in [-0.4, -0.2) is 23.9 Å². The molecule has 1 unspecified atom stereocenters. The largest absolute Gasteiger partial charge is 0.396 e. The Balaban J connectivity index is 2.07. The minimum absolute atomic E-state index is 0.141. The zero-order valence-electron chi connectivity index (χ0n) is 10.9. The molecule has 1 fully saturated rings. The number of hydrogen-bond donors (Lipinski definition) is 3. The van der Waals surface area contributed by atoms with Crippen molar-refractivity contribution in [2.75, 3.05) is 5.73 Å². The van der Waals surface area contributed by atoms with Crippen LogP contribution >= 0.6 is 0 Å². The van der Waals surface area contributed by atoms with Crippen LogP contribution in [0.15, 0.2) is 12.1 Å². The molecule has 0 aromatic heterocycles. The summed E-state index contributed by atoms with van der Waals surface area (Å²) in [5.41, 5.74) is 4.18. The van der Waals surface area contributed by atoms with E-state index in [0.29, 0.717) is 0 Å². The summed E-state index contributed by atoms with van der Waals surface area (Å²) < 4.78 is 27.2. The average molecular weight is 283 g/mol. The van der Waals surface area contributed by atoms with Crippen LogP contribution < -0.4 is 16.4 Å². The molecule has 4 N–H and O–H groups in total. The molecule has 1 aromatic rings. The molecule has 20 heavy (non-hydrogen) atoms. The number of carbonyl (C=O) groups is 2. The number of benzene rings is 1. The molecular formula is C13H15F2N3O2. The predicted octanol–water partition coefficient (Wildman–Crippen LogP) is 0.944. The van der Waals surface area contributed by atoms with Gasteiger partial charge in [0, 0.05) is 6.04 Å². The minimum Gasteiger partial charge on any atom is -0.396 e. The summed E-state index contributed by atoms with van der Waals surface area (Å²) in [5.74, 6) is -3.54. The van der Waals surface area contributed by atoms with Gasteiger partial charge in [-0.2, -0.15) is 0 Å². The molecular weight excluding hydrogens is 268 g/mol. The molecule has 0 spiro atoms. The Bertz CT molecular complexity index is 559. The van der Waals surface area contributed by atoms with Crippen LogP contribution in [0.1, 0.15) is 30.1 Å². The molecule has 0 heterocycles. The van der Waals surface area contributed by atoms with Crippen LogP contribution in [0.4, 0.5) is 14.5 Å². The lowest BCUT2D eigenvalue weighted by Gasteiger charge is -2.14. The zero-order chi connectivity index (χ0) is 14.9. The molecule has 0 radical (unpaired) electrons. The van der Waals surface area contributed by atoms with Gasteiger partial charge >= 0.3 is 0 Å². The van der Waals surface area contributed by atoms with Gasteiger partial charge in [0.25, 0.3) is 5.91 Å². The zero-order valence-corrected chi connectivity index (χ0v) is 10.9. The number of carbonyl (C=O) groups excluding carboxylic acids is 2. The van der Waals surface area contributed by atoms with Gasteiger partial charge in [-0.3, -0.25) is 9.59 Å². The predicted molar refractivity (Wildman–Crippen MR) is 68.9 cm³/mol. The van der Waals surface area contributed by atoms with Crippen molar-refractivity contribution < 1.29 is 18.4 Å². The third kappa shape index (κ3) is 3.04. The van der Waals surface area contributed by atoms with E-state index in [1.54, 1.807) is 0 Å². The van der Waals surface area contributed by atoms with Gasteiger partial charge in [0.05, 0.1) is 5.69 Å². The Labute approximate surface area is 114 Å². The fraction of sp³-hybridized carbons (Fsp3) is 0.385. The van der Waals surface area contributed by atoms with Crippen LogP contribution in [0.2, 0.25) is 0 Å². The highest BCUT2D eigenvalue weighted by atomic mass is 19.1. The van der Waals surface area contributed by atoms with Crippen molar-refractivity contribution in [3.05, 3.63) is 29.3 Å². The van der Waals surface area contributed by atoms with Gasteiger partial charge in [0.15, 0.2) is 5.82 Å². The Morgan fingerprint density at radius 2 is 2.00 bits per heavy atom. The van der Waals surface area contributed by atoms with Crippen molar-refractivity contribution in [3.8, 4) is 0 Å². The van der Waals surface area contributed by atoms with Crippen LogP contribution in [0, 0.1) is 11.6 Å². The standard InChI is InChI=1S/C13H15F2N3O2/c1-6(12(19)18-7-2-3-7)17-13(20)10-8(14)4-5-9(16)11(10)15/h4-7H,2-3,16H2,1H3,(H,17,20)(H,18,19). The van der Waals surface area contributed by atoms with Crippen molar-refractivity contribution in [1.82, 2.24) is 10.6 Å². The number of hydrogen-bond acceptors (Lipinski definition) is 3. The maximum Gasteiger partial charge on any atom is 0.257 e. The summed E-state index contributed by atoms with van der Waals surface area (Å²) >= 11 is 0. The number of nitrogens with one attached hydrogen (secondary N) is 2. The third-order valence-electron chi connectivity index (χ3n) is 3.01. The van der Waals surface area contributed by atoms with E-state index < -0.39 is 29.1 Å². The number of halogens is 2. The number of anilines is 1. The number of rotatable bonds is 4. The summed E-state index contributed by atoms with van der Waals surface area (Å²) in [4.78, 5) is 23.5. The second-order valence-electron chi connectivity index (χ2n) is 4.80. The monoisotopic (exact) mass is 283 g/mol. The first-order valence-corrected chi connectivity index (χ1v) is 6.25. The van der Waals surface area contributed by atoms with Crippen molar-refractivity contribution in [2.24, 2.45) is 0 Å². The van der Waals surface area contributed by atoms with E-state index in [4.69, 9.17) is 5.73 Å². The maximum absolute atomic E-state index is 13.7. The lowest BCUT2D eigenvalue weighted by molar-refractivity contribution is -0.122. The Morgan fingerprint density at radius 1 is 1.35 bits per heavy atom. The molecule has 2 rings (SSSR count). The van der Waals surface area contributed by atoms with E-state index in [1.165, 1.54) is 6.92 Å². The average Bonchev–Trinajstić information content (AvgIpc) is 3.18. The molecule has 5 nitrogen and oxygen atoms in total. The lowest BCUT2D eigenvalue weighted by atomic mass is 10.1. The first kappa shape index (κ1) is 14.2. The van der Waals surface area contributed by atoms with E-state index >= 15 is 0 Å². The van der Waals surface area contributed by atoms with Crippen molar-refractivity contribution in [2.45, 2.75) is 31.8 Å². The Hall–Kier alpha value is -2.18. The summed E-state index contributed by atoms with van der Waals surface area (Å²) in [6.07, 6.45) is 1.82. The topological polar surface area (TPSA) is 84.2 Å². The smallest absolute Gasteiger partial charge is 0.257 e. The van der Waals surface area contributed by atoms with Crippen molar-refractivity contribution in [3.63, 3.8) is 0 Å². The van der Waals surface area contributed by atoms with E-state index in [0.717, 1.165) is 25.0 Å². The molecule has 2 amide bonds. The molecule has 1 saturated carbocycles. The van der Waals surface area contributed by atoms with Gasteiger partial charge in [-0.1, -0.05) is 0 Å². The Morgan fingerprint density at radius 3 is 2.60 bits per heavy atom. The van der Waals surface area contributed by atoms with Crippen LogP contribution in [0.5, 0.6) is 0 Å². The van der Waals surface area contributed by atoms with Gasteiger partial charge in [0.1, 0.15) is 17.4 Å². The van der Waals surface area contributed by atoms with Gasteiger partial charge in [0.2, 0.25) is 5.91 Å². The molecule has 0 aliphatic heterocycles. The molecule has 7 heteroatoms. The van der Waals surface area contributed by atoms with Gasteiger partial charge in [-0.05, 0) is 31.9 Å². The highest BCUT2D eigenvalue weighted by Crippen LogP contribution is 2.20. The molecule has 1 atom stereocenters. The summed E-state index contributed by atoms with van der Waals surface area (Å²) in [6, 6.07) is 1.19. The number of amides is 2. The highest BCUT2D eigenvalue weighted by molar-refractivity contribution is 5.98. The first-order chi connectivity index (χ1) is 9.40. The van der Waals surface area contributed by atoms with E-state index in [9.17, 15) is 18.4 Å². The quantitative estimate of drug-likeness (QED) is 0.719. The molecule has 1 aromatic carbocycles. The van der Waals surface area contributed by atoms with Gasteiger partial charge in [-0.15, -0.1) is 0 Å². The van der Waals surface area contributed by atoms with Crippen LogP contribution in [-0.2, 0) is 4.79 Å². The van der Waals surface area contributed by atoms with E-state index in [-0.39, 0.29) is 17.6 Å². The summed E-state index contributed by atoms with van der Waals surface area (Å²) in [5, 5.41) is 4.94. The van der Waals surface area contributed by atoms with Crippen molar-refractivity contribution in [1.29, 1.82) is 0 Å². The normalized spacial score (nSPS) is 15.6. The minimum atomic E-state index is -1.13. The molecule has 1 aliphatic rings. The SMILES string of the molecule is CC(NC(=O)c1c(F)ccc(N)c1F)C(=O)NC1CC1. The summed E-state index contributed by atoms with van der Waals surface area (Å²) in [6.45, 7) is 1.44. The van der Waals surface area contributed by atoms with E-state index in [2.05, 4.69) is 10.6 Å². The molecule has 0 saturated heterocycles. The second-order valence-corrected chi connectivity index (χ2v) is 4.80. The van der Waals surface area contributed by atoms with Gasteiger partial charge < -0.3 is 16.4 Å². The Kier molecular flexibility index (Phi) is 3.87. The fourth-order valence-corrected chi connectivity index (χ4v) is 1.66. The number of nitrogens with two attached hydrogens (primary N) is 1. The fourth-order valence-electron chi connectivity index (χ4n) is 1.66. The third-order valence-corrected chi connectivity index (χ3v) is 3.01. The van der Waals surface area contributed by atoms with E-state index in [1.807, 2.05) is 0 Å².